The fourth-order valence-electron chi connectivity index (χ4n) is 7.42. The molecule has 230 valence electrons. The average Bonchev–Trinajstić information content (AvgIpc) is 3.73. The Labute approximate surface area is 287 Å². The van der Waals surface area contributed by atoms with E-state index >= 15 is 0 Å². The highest BCUT2D eigenvalue weighted by molar-refractivity contribution is 7.26. The van der Waals surface area contributed by atoms with Crippen LogP contribution in [0.3, 0.4) is 0 Å². The van der Waals surface area contributed by atoms with E-state index < -0.39 is 0 Å². The zero-order valence-electron chi connectivity index (χ0n) is 26.5. The molecule has 8 aromatic carbocycles. The van der Waals surface area contributed by atoms with Crippen LogP contribution in [0, 0.1) is 0 Å². The summed E-state index contributed by atoms with van der Waals surface area (Å²) >= 11 is 1.86. The van der Waals surface area contributed by atoms with Crippen LogP contribution < -0.4 is 4.90 Å². The lowest BCUT2D eigenvalue weighted by Gasteiger charge is -2.30. The molecule has 49 heavy (non-hydrogen) atoms. The minimum absolute atomic E-state index is 0.900. The number of thiophene rings is 1. The fraction of sp³-hybridized carbons (Fsp3) is 0. The van der Waals surface area contributed by atoms with Gasteiger partial charge in [0.05, 0.1) is 21.8 Å². The van der Waals surface area contributed by atoms with E-state index in [9.17, 15) is 0 Å². The molecular weight excluding hydrogens is 615 g/mol. The topological polar surface area (TPSA) is 16.4 Å². The number of benzene rings is 8. The first-order valence-electron chi connectivity index (χ1n) is 16.6. The second kappa shape index (κ2) is 11.2. The van der Waals surface area contributed by atoms with E-state index in [4.69, 9.17) is 4.42 Å². The van der Waals surface area contributed by atoms with Gasteiger partial charge in [0.2, 0.25) is 0 Å². The molecule has 2 heterocycles. The number of fused-ring (bicyclic) bond motifs is 7. The Bertz CT molecular complexity index is 2840. The van der Waals surface area contributed by atoms with E-state index in [2.05, 4.69) is 181 Å². The lowest BCUT2D eigenvalue weighted by atomic mass is 9.97. The molecule has 10 aromatic rings. The lowest BCUT2D eigenvalue weighted by Crippen LogP contribution is -2.12. The van der Waals surface area contributed by atoms with Crippen molar-refractivity contribution in [2.75, 3.05) is 4.90 Å². The van der Waals surface area contributed by atoms with Crippen LogP contribution in [0.5, 0.6) is 0 Å². The third kappa shape index (κ3) is 4.47. The van der Waals surface area contributed by atoms with Gasteiger partial charge in [0, 0.05) is 42.9 Å². The maximum Gasteiger partial charge on any atom is 0.143 e. The normalized spacial score (nSPS) is 11.7. The monoisotopic (exact) mass is 643 g/mol. The second-order valence-corrected chi connectivity index (χ2v) is 13.5. The SMILES string of the molecule is c1ccc(-c2ccccc2N(c2ccccc2-c2cccc3c2oc2cc4ccccc4cc23)c2cccc3c2sc2ccccc23)cc1. The minimum atomic E-state index is 0.900. The van der Waals surface area contributed by atoms with Crippen molar-refractivity contribution in [1.82, 2.24) is 0 Å². The van der Waals surface area contributed by atoms with Gasteiger partial charge in [-0.2, -0.15) is 0 Å². The average molecular weight is 644 g/mol. The van der Waals surface area contributed by atoms with Crippen molar-refractivity contribution in [1.29, 1.82) is 0 Å². The summed E-state index contributed by atoms with van der Waals surface area (Å²) < 4.78 is 9.32. The molecule has 0 bridgehead atoms. The van der Waals surface area contributed by atoms with Crippen LogP contribution in [0.2, 0.25) is 0 Å². The molecular formula is C46H29NOS. The van der Waals surface area contributed by atoms with Crippen LogP contribution in [-0.2, 0) is 0 Å². The zero-order valence-corrected chi connectivity index (χ0v) is 27.3. The predicted molar refractivity (Wildman–Crippen MR) is 210 cm³/mol. The molecule has 3 heteroatoms. The van der Waals surface area contributed by atoms with E-state index in [0.29, 0.717) is 0 Å². The summed E-state index contributed by atoms with van der Waals surface area (Å²) in [6, 6.07) is 63.1. The maximum atomic E-state index is 6.78. The summed E-state index contributed by atoms with van der Waals surface area (Å²) in [5.74, 6) is 0. The zero-order chi connectivity index (χ0) is 32.3. The van der Waals surface area contributed by atoms with E-state index in [1.807, 2.05) is 11.3 Å². The van der Waals surface area contributed by atoms with Crippen LogP contribution in [-0.4, -0.2) is 0 Å². The molecule has 0 fully saturated rings. The van der Waals surface area contributed by atoms with Crippen molar-refractivity contribution < 1.29 is 4.42 Å². The minimum Gasteiger partial charge on any atom is -0.455 e. The van der Waals surface area contributed by atoms with Gasteiger partial charge >= 0.3 is 0 Å². The third-order valence-corrected chi connectivity index (χ3v) is 10.9. The van der Waals surface area contributed by atoms with Crippen molar-refractivity contribution in [3.63, 3.8) is 0 Å². The molecule has 0 aliphatic rings. The molecule has 0 unspecified atom stereocenters. The predicted octanol–water partition coefficient (Wildman–Crippen LogP) is 13.9. The Balaban J connectivity index is 1.28. The summed E-state index contributed by atoms with van der Waals surface area (Å²) in [7, 11) is 0. The second-order valence-electron chi connectivity index (χ2n) is 12.5. The molecule has 0 radical (unpaired) electrons. The van der Waals surface area contributed by atoms with Crippen LogP contribution in [0.25, 0.3) is 75.1 Å². The molecule has 0 aliphatic carbocycles. The summed E-state index contributed by atoms with van der Waals surface area (Å²) in [6.07, 6.45) is 0. The van der Waals surface area contributed by atoms with E-state index in [-0.39, 0.29) is 0 Å². The Morgan fingerprint density at radius 2 is 1.00 bits per heavy atom. The Kier molecular flexibility index (Phi) is 6.39. The molecule has 0 saturated carbocycles. The maximum absolute atomic E-state index is 6.78. The summed E-state index contributed by atoms with van der Waals surface area (Å²) in [5.41, 5.74) is 9.69. The highest BCUT2D eigenvalue weighted by Gasteiger charge is 2.24. The van der Waals surface area contributed by atoms with Crippen molar-refractivity contribution in [3.8, 4) is 22.3 Å². The van der Waals surface area contributed by atoms with Gasteiger partial charge in [0.15, 0.2) is 0 Å². The number of anilines is 3. The molecule has 0 atom stereocenters. The molecule has 2 aromatic heterocycles. The van der Waals surface area contributed by atoms with Gasteiger partial charge in [-0.25, -0.2) is 0 Å². The Morgan fingerprint density at radius 3 is 1.86 bits per heavy atom. The van der Waals surface area contributed by atoms with Crippen LogP contribution in [0.1, 0.15) is 0 Å². The number of rotatable bonds is 5. The Morgan fingerprint density at radius 1 is 0.408 bits per heavy atom. The van der Waals surface area contributed by atoms with Gasteiger partial charge in [0.25, 0.3) is 0 Å². The first kappa shape index (κ1) is 27.9. The third-order valence-electron chi connectivity index (χ3n) is 9.65. The standard InChI is InChI=1S/C46H29NOS/c1-2-14-30(15-3-1)33-18-6-9-24-40(33)47(42-26-13-23-38-35-20-8-11-27-44(35)49-46(38)42)41-25-10-7-19-34(41)36-21-12-22-37-39-28-31-16-4-5-17-32(31)29-43(39)48-45(36)37/h1-29H. The van der Waals surface area contributed by atoms with Gasteiger partial charge in [-0.05, 0) is 52.7 Å². The molecule has 2 nitrogen and oxygen atoms in total. The molecule has 10 rings (SSSR count). The highest BCUT2D eigenvalue weighted by Crippen LogP contribution is 2.50. The van der Waals surface area contributed by atoms with Crippen LogP contribution >= 0.6 is 11.3 Å². The molecule has 0 saturated heterocycles. The van der Waals surface area contributed by atoms with Crippen LogP contribution in [0.15, 0.2) is 180 Å². The number of hydrogen-bond acceptors (Lipinski definition) is 3. The molecule has 0 aliphatic heterocycles. The van der Waals surface area contributed by atoms with Crippen molar-refractivity contribution in [3.05, 3.63) is 176 Å². The van der Waals surface area contributed by atoms with Gasteiger partial charge in [-0.15, -0.1) is 11.3 Å². The lowest BCUT2D eigenvalue weighted by molar-refractivity contribution is 0.670. The quantitative estimate of drug-likeness (QED) is 0.186. The fourth-order valence-corrected chi connectivity index (χ4v) is 8.63. The highest BCUT2D eigenvalue weighted by atomic mass is 32.1. The van der Waals surface area contributed by atoms with E-state index in [0.717, 1.165) is 50.1 Å². The number of para-hydroxylation sites is 3. The number of nitrogens with zero attached hydrogens (tertiary/aromatic N) is 1. The first-order chi connectivity index (χ1) is 24.3. The Hall–Kier alpha value is -6.16. The van der Waals surface area contributed by atoms with Crippen molar-refractivity contribution in [2.24, 2.45) is 0 Å². The van der Waals surface area contributed by atoms with Crippen LogP contribution in [0.4, 0.5) is 17.1 Å². The molecule has 0 N–H and O–H groups in total. The molecule has 0 spiro atoms. The molecule has 0 amide bonds. The van der Waals surface area contributed by atoms with Crippen molar-refractivity contribution >= 4 is 81.3 Å². The number of hydrogen-bond donors (Lipinski definition) is 0. The van der Waals surface area contributed by atoms with E-state index in [1.54, 1.807) is 0 Å². The van der Waals surface area contributed by atoms with Gasteiger partial charge in [-0.1, -0.05) is 140 Å². The number of furan rings is 1. The first-order valence-corrected chi connectivity index (χ1v) is 17.4. The summed E-state index contributed by atoms with van der Waals surface area (Å²) in [5, 5.41) is 7.20. The smallest absolute Gasteiger partial charge is 0.143 e. The van der Waals surface area contributed by atoms with Gasteiger partial charge in [-0.3, -0.25) is 0 Å². The van der Waals surface area contributed by atoms with Crippen molar-refractivity contribution in [2.45, 2.75) is 0 Å². The van der Waals surface area contributed by atoms with E-state index in [1.165, 1.54) is 42.1 Å². The largest absolute Gasteiger partial charge is 0.455 e. The summed E-state index contributed by atoms with van der Waals surface area (Å²) in [6.45, 7) is 0. The van der Waals surface area contributed by atoms with Gasteiger partial charge < -0.3 is 9.32 Å². The summed E-state index contributed by atoms with van der Waals surface area (Å²) in [4.78, 5) is 2.46. The van der Waals surface area contributed by atoms with Gasteiger partial charge in [0.1, 0.15) is 11.2 Å².